The lowest BCUT2D eigenvalue weighted by Gasteiger charge is -2.22. The number of aliphatic hydroxyl groups excluding tert-OH is 1. The lowest BCUT2D eigenvalue weighted by atomic mass is 10.3. The average Bonchev–Trinajstić information content (AvgIpc) is 2.34. The van der Waals surface area contributed by atoms with E-state index >= 15 is 0 Å². The summed E-state index contributed by atoms with van der Waals surface area (Å²) in [6, 6.07) is 4.47. The molecule has 20 heavy (non-hydrogen) atoms. The first-order chi connectivity index (χ1) is 9.24. The predicted molar refractivity (Wildman–Crippen MR) is 73.3 cm³/mol. The summed E-state index contributed by atoms with van der Waals surface area (Å²) in [5.74, 6) is -1.18. The molecule has 0 fully saturated rings. The Kier molecular flexibility index (Phi) is 5.46. The SMILES string of the molecule is CC(CO)NC(=O)CN(c1cccc(F)c1)S(C)(=O)=O. The zero-order valence-corrected chi connectivity index (χ0v) is 12.0. The molecule has 6 nitrogen and oxygen atoms in total. The zero-order chi connectivity index (χ0) is 15.3. The van der Waals surface area contributed by atoms with Crippen LogP contribution in [-0.4, -0.2) is 44.9 Å². The number of rotatable bonds is 6. The fourth-order valence-electron chi connectivity index (χ4n) is 1.53. The van der Waals surface area contributed by atoms with Crippen molar-refractivity contribution in [1.82, 2.24) is 5.32 Å². The number of hydrogen-bond acceptors (Lipinski definition) is 4. The Hall–Kier alpha value is -1.67. The lowest BCUT2D eigenvalue weighted by Crippen LogP contribution is -2.44. The summed E-state index contributed by atoms with van der Waals surface area (Å²) in [5.41, 5.74) is 0.0688. The normalized spacial score (nSPS) is 12.8. The van der Waals surface area contributed by atoms with Gasteiger partial charge in [0.1, 0.15) is 12.4 Å². The van der Waals surface area contributed by atoms with Crippen LogP contribution in [0.2, 0.25) is 0 Å². The Morgan fingerprint density at radius 2 is 2.15 bits per heavy atom. The van der Waals surface area contributed by atoms with E-state index in [1.807, 2.05) is 0 Å². The van der Waals surface area contributed by atoms with Crippen molar-refractivity contribution in [3.8, 4) is 0 Å². The molecule has 1 aromatic carbocycles. The molecule has 1 atom stereocenters. The van der Waals surface area contributed by atoms with E-state index in [0.29, 0.717) is 0 Å². The highest BCUT2D eigenvalue weighted by Crippen LogP contribution is 2.18. The van der Waals surface area contributed by atoms with Crippen molar-refractivity contribution in [3.05, 3.63) is 30.1 Å². The standard InChI is InChI=1S/C12H17FN2O4S/c1-9(8-16)14-12(17)7-15(20(2,18)19)11-5-3-4-10(13)6-11/h3-6,9,16H,7-8H2,1-2H3,(H,14,17). The Morgan fingerprint density at radius 3 is 2.65 bits per heavy atom. The largest absolute Gasteiger partial charge is 0.394 e. The monoisotopic (exact) mass is 304 g/mol. The fraction of sp³-hybridized carbons (Fsp3) is 0.417. The van der Waals surface area contributed by atoms with Crippen molar-refractivity contribution in [2.24, 2.45) is 0 Å². The number of nitrogens with zero attached hydrogens (tertiary/aromatic N) is 1. The highest BCUT2D eigenvalue weighted by Gasteiger charge is 2.21. The summed E-state index contributed by atoms with van der Waals surface area (Å²) in [5, 5.41) is 11.3. The molecule has 0 heterocycles. The molecule has 0 aliphatic carbocycles. The van der Waals surface area contributed by atoms with Crippen LogP contribution < -0.4 is 9.62 Å². The maximum Gasteiger partial charge on any atom is 0.241 e. The minimum Gasteiger partial charge on any atom is -0.394 e. The van der Waals surface area contributed by atoms with E-state index in [2.05, 4.69) is 5.32 Å². The van der Waals surface area contributed by atoms with Gasteiger partial charge in [0, 0.05) is 6.04 Å². The zero-order valence-electron chi connectivity index (χ0n) is 11.2. The highest BCUT2D eigenvalue weighted by atomic mass is 32.2. The third-order valence-corrected chi connectivity index (χ3v) is 3.61. The number of sulfonamides is 1. The number of nitrogens with one attached hydrogen (secondary N) is 1. The van der Waals surface area contributed by atoms with E-state index in [1.165, 1.54) is 18.2 Å². The topological polar surface area (TPSA) is 86.7 Å². The number of amides is 1. The fourth-order valence-corrected chi connectivity index (χ4v) is 2.38. The maximum atomic E-state index is 13.2. The number of anilines is 1. The van der Waals surface area contributed by atoms with E-state index in [4.69, 9.17) is 5.11 Å². The van der Waals surface area contributed by atoms with Crippen LogP contribution >= 0.6 is 0 Å². The van der Waals surface area contributed by atoms with Crippen LogP contribution in [0.1, 0.15) is 6.92 Å². The molecule has 1 unspecified atom stereocenters. The van der Waals surface area contributed by atoms with Gasteiger partial charge in [0.15, 0.2) is 0 Å². The van der Waals surface area contributed by atoms with E-state index < -0.39 is 34.3 Å². The van der Waals surface area contributed by atoms with Gasteiger partial charge in [-0.25, -0.2) is 12.8 Å². The lowest BCUT2D eigenvalue weighted by molar-refractivity contribution is -0.120. The van der Waals surface area contributed by atoms with E-state index in [1.54, 1.807) is 6.92 Å². The Labute approximate surface area is 117 Å². The van der Waals surface area contributed by atoms with E-state index in [9.17, 15) is 17.6 Å². The quantitative estimate of drug-likeness (QED) is 0.780. The van der Waals surface area contributed by atoms with E-state index in [-0.39, 0.29) is 12.3 Å². The first kappa shape index (κ1) is 16.4. The van der Waals surface area contributed by atoms with Crippen molar-refractivity contribution < 1.29 is 22.7 Å². The van der Waals surface area contributed by atoms with Gasteiger partial charge in [0.25, 0.3) is 0 Å². The molecular weight excluding hydrogens is 287 g/mol. The smallest absolute Gasteiger partial charge is 0.241 e. The van der Waals surface area contributed by atoms with Gasteiger partial charge in [0.05, 0.1) is 18.6 Å². The van der Waals surface area contributed by atoms with Crippen LogP contribution in [-0.2, 0) is 14.8 Å². The minimum absolute atomic E-state index is 0.0688. The number of halogens is 1. The first-order valence-corrected chi connectivity index (χ1v) is 7.72. The minimum atomic E-state index is -3.73. The first-order valence-electron chi connectivity index (χ1n) is 5.87. The van der Waals surface area contributed by atoms with Gasteiger partial charge in [-0.3, -0.25) is 9.10 Å². The molecule has 0 spiro atoms. The summed E-state index contributed by atoms with van der Waals surface area (Å²) in [6.07, 6.45) is 0.931. The predicted octanol–water partition coefficient (Wildman–Crippen LogP) is 0.0887. The summed E-state index contributed by atoms with van der Waals surface area (Å²) in [4.78, 5) is 11.7. The van der Waals surface area contributed by atoms with Gasteiger partial charge in [-0.2, -0.15) is 0 Å². The van der Waals surface area contributed by atoms with Crippen LogP contribution in [0, 0.1) is 5.82 Å². The Morgan fingerprint density at radius 1 is 1.50 bits per heavy atom. The van der Waals surface area contributed by atoms with E-state index in [0.717, 1.165) is 16.6 Å². The second-order valence-electron chi connectivity index (χ2n) is 4.40. The second-order valence-corrected chi connectivity index (χ2v) is 6.31. The number of carbonyl (C=O) groups excluding carboxylic acids is 1. The average molecular weight is 304 g/mol. The number of benzene rings is 1. The molecule has 0 aromatic heterocycles. The third-order valence-electron chi connectivity index (χ3n) is 2.46. The number of aliphatic hydroxyl groups is 1. The molecule has 0 radical (unpaired) electrons. The molecule has 1 rings (SSSR count). The number of carbonyl (C=O) groups is 1. The van der Waals surface area contributed by atoms with Gasteiger partial charge < -0.3 is 10.4 Å². The van der Waals surface area contributed by atoms with Crippen molar-refractivity contribution in [1.29, 1.82) is 0 Å². The van der Waals surface area contributed by atoms with Crippen molar-refractivity contribution in [2.45, 2.75) is 13.0 Å². The molecule has 0 bridgehead atoms. The molecule has 0 saturated heterocycles. The van der Waals surface area contributed by atoms with Gasteiger partial charge in [0.2, 0.25) is 15.9 Å². The molecular formula is C12H17FN2O4S. The van der Waals surface area contributed by atoms with Crippen molar-refractivity contribution in [3.63, 3.8) is 0 Å². The second kappa shape index (κ2) is 6.67. The molecule has 1 amide bonds. The van der Waals surface area contributed by atoms with Crippen LogP contribution in [0.4, 0.5) is 10.1 Å². The molecule has 112 valence electrons. The van der Waals surface area contributed by atoms with Gasteiger partial charge in [-0.15, -0.1) is 0 Å². The summed E-state index contributed by atoms with van der Waals surface area (Å²) >= 11 is 0. The molecule has 0 aliphatic heterocycles. The van der Waals surface area contributed by atoms with Crippen LogP contribution in [0.25, 0.3) is 0 Å². The maximum absolute atomic E-state index is 13.2. The molecule has 2 N–H and O–H groups in total. The van der Waals surface area contributed by atoms with Crippen LogP contribution in [0.15, 0.2) is 24.3 Å². The van der Waals surface area contributed by atoms with Crippen LogP contribution in [0.5, 0.6) is 0 Å². The Balaban J connectivity index is 2.95. The summed E-state index contributed by atoms with van der Waals surface area (Å²) in [6.45, 7) is 0.835. The highest BCUT2D eigenvalue weighted by molar-refractivity contribution is 7.92. The molecule has 0 saturated carbocycles. The van der Waals surface area contributed by atoms with Gasteiger partial charge in [-0.05, 0) is 25.1 Å². The summed E-state index contributed by atoms with van der Waals surface area (Å²) in [7, 11) is -3.73. The molecule has 8 heteroatoms. The van der Waals surface area contributed by atoms with Crippen molar-refractivity contribution in [2.75, 3.05) is 23.7 Å². The molecule has 1 aromatic rings. The van der Waals surface area contributed by atoms with Crippen LogP contribution in [0.3, 0.4) is 0 Å². The Bertz CT molecular complexity index is 577. The van der Waals surface area contributed by atoms with Crippen molar-refractivity contribution >= 4 is 21.6 Å². The number of hydrogen-bond donors (Lipinski definition) is 2. The van der Waals surface area contributed by atoms with Gasteiger partial charge in [-0.1, -0.05) is 6.07 Å². The third kappa shape index (κ3) is 4.78. The summed E-state index contributed by atoms with van der Waals surface area (Å²) < 4.78 is 37.4. The molecule has 0 aliphatic rings. The van der Waals surface area contributed by atoms with Gasteiger partial charge >= 0.3 is 0 Å².